The molecule has 0 aliphatic heterocycles. The van der Waals surface area contributed by atoms with Gasteiger partial charge in [0.15, 0.2) is 0 Å². The van der Waals surface area contributed by atoms with E-state index in [4.69, 9.17) is 16.9 Å². The molecule has 0 aliphatic carbocycles. The largest absolute Gasteiger partial charge is 0.270 e. The number of nitrogens with zero attached hydrogens (tertiary/aromatic N) is 3. The fourth-order valence-electron chi connectivity index (χ4n) is 1.42. The van der Waals surface area contributed by atoms with Crippen LogP contribution < -0.4 is 0 Å². The SMILES string of the molecule is CCn1nc(C)cc1CC(C#N)CCl. The van der Waals surface area contributed by atoms with Gasteiger partial charge in [0.2, 0.25) is 0 Å². The van der Waals surface area contributed by atoms with Crippen molar-refractivity contribution >= 4 is 11.6 Å². The van der Waals surface area contributed by atoms with E-state index >= 15 is 0 Å². The van der Waals surface area contributed by atoms with Crippen molar-refractivity contribution in [1.82, 2.24) is 9.78 Å². The maximum atomic E-state index is 8.79. The van der Waals surface area contributed by atoms with Gasteiger partial charge in [0.25, 0.3) is 0 Å². The molecule has 0 saturated carbocycles. The minimum atomic E-state index is -0.113. The monoisotopic (exact) mass is 211 g/mol. The van der Waals surface area contributed by atoms with Crippen molar-refractivity contribution in [2.24, 2.45) is 5.92 Å². The highest BCUT2D eigenvalue weighted by atomic mass is 35.5. The Balaban J connectivity index is 2.80. The summed E-state index contributed by atoms with van der Waals surface area (Å²) in [7, 11) is 0. The molecule has 1 aromatic rings. The van der Waals surface area contributed by atoms with Crippen molar-refractivity contribution in [1.29, 1.82) is 5.26 Å². The molecule has 4 heteroatoms. The number of nitriles is 1. The van der Waals surface area contributed by atoms with Crippen LogP contribution in [-0.2, 0) is 13.0 Å². The lowest BCUT2D eigenvalue weighted by molar-refractivity contribution is 0.590. The number of hydrogen-bond donors (Lipinski definition) is 0. The molecule has 0 aliphatic rings. The molecule has 14 heavy (non-hydrogen) atoms. The first kappa shape index (κ1) is 11.1. The maximum Gasteiger partial charge on any atom is 0.0672 e. The van der Waals surface area contributed by atoms with Gasteiger partial charge in [-0.2, -0.15) is 10.4 Å². The van der Waals surface area contributed by atoms with E-state index in [2.05, 4.69) is 11.2 Å². The van der Waals surface area contributed by atoms with Gasteiger partial charge in [-0.15, -0.1) is 11.6 Å². The van der Waals surface area contributed by atoms with Crippen molar-refractivity contribution < 1.29 is 0 Å². The Hall–Kier alpha value is -1.01. The van der Waals surface area contributed by atoms with Gasteiger partial charge in [0, 0.05) is 24.5 Å². The van der Waals surface area contributed by atoms with Crippen molar-refractivity contribution in [2.75, 3.05) is 5.88 Å². The zero-order chi connectivity index (χ0) is 10.6. The summed E-state index contributed by atoms with van der Waals surface area (Å²) in [5, 5.41) is 13.1. The molecule has 3 nitrogen and oxygen atoms in total. The third kappa shape index (κ3) is 2.49. The summed E-state index contributed by atoms with van der Waals surface area (Å²) in [6.45, 7) is 4.83. The predicted molar refractivity (Wildman–Crippen MR) is 56.2 cm³/mol. The van der Waals surface area contributed by atoms with E-state index in [1.54, 1.807) is 0 Å². The summed E-state index contributed by atoms with van der Waals surface area (Å²) < 4.78 is 1.92. The molecule has 1 aromatic heterocycles. The summed E-state index contributed by atoms with van der Waals surface area (Å²) >= 11 is 5.67. The Kier molecular flexibility index (Phi) is 3.97. The van der Waals surface area contributed by atoms with Gasteiger partial charge < -0.3 is 0 Å². The van der Waals surface area contributed by atoms with Crippen LogP contribution >= 0.6 is 11.6 Å². The molecule has 0 N–H and O–H groups in total. The zero-order valence-corrected chi connectivity index (χ0v) is 9.25. The Bertz CT molecular complexity index is 338. The van der Waals surface area contributed by atoms with Crippen LogP contribution in [-0.4, -0.2) is 15.7 Å². The van der Waals surface area contributed by atoms with Crippen molar-refractivity contribution in [3.05, 3.63) is 17.5 Å². The first-order valence-corrected chi connectivity index (χ1v) is 5.23. The van der Waals surface area contributed by atoms with Crippen LogP contribution in [0.3, 0.4) is 0 Å². The zero-order valence-electron chi connectivity index (χ0n) is 8.50. The summed E-state index contributed by atoms with van der Waals surface area (Å²) in [5.74, 6) is 0.267. The molecule has 0 saturated heterocycles. The number of rotatable bonds is 4. The predicted octanol–water partition coefficient (Wildman–Crippen LogP) is 2.13. The van der Waals surface area contributed by atoms with Crippen molar-refractivity contribution in [3.63, 3.8) is 0 Å². The van der Waals surface area contributed by atoms with Crippen molar-refractivity contribution in [3.8, 4) is 6.07 Å². The van der Waals surface area contributed by atoms with E-state index in [1.165, 1.54) is 0 Å². The molecule has 0 radical (unpaired) electrons. The van der Waals surface area contributed by atoms with Crippen molar-refractivity contribution in [2.45, 2.75) is 26.8 Å². The molecular weight excluding hydrogens is 198 g/mol. The second-order valence-corrected chi connectivity index (χ2v) is 3.59. The molecular formula is C10H14ClN3. The Morgan fingerprint density at radius 1 is 1.71 bits per heavy atom. The highest BCUT2D eigenvalue weighted by Gasteiger charge is 2.11. The highest BCUT2D eigenvalue weighted by molar-refractivity contribution is 6.18. The van der Waals surface area contributed by atoms with E-state index in [9.17, 15) is 0 Å². The molecule has 1 atom stereocenters. The minimum Gasteiger partial charge on any atom is -0.270 e. The molecule has 0 aromatic carbocycles. The van der Waals surface area contributed by atoms with E-state index in [0.717, 1.165) is 17.9 Å². The lowest BCUT2D eigenvalue weighted by Gasteiger charge is -2.06. The molecule has 1 rings (SSSR count). The number of halogens is 1. The number of aryl methyl sites for hydroxylation is 2. The second kappa shape index (κ2) is 5.02. The fraction of sp³-hybridized carbons (Fsp3) is 0.600. The van der Waals surface area contributed by atoms with Gasteiger partial charge in [0.05, 0.1) is 17.7 Å². The third-order valence-electron chi connectivity index (χ3n) is 2.11. The average molecular weight is 212 g/mol. The number of alkyl halides is 1. The highest BCUT2D eigenvalue weighted by Crippen LogP contribution is 2.11. The van der Waals surface area contributed by atoms with Crippen LogP contribution in [0.15, 0.2) is 6.07 Å². The number of aromatic nitrogens is 2. The molecule has 0 fully saturated rings. The molecule has 76 valence electrons. The maximum absolute atomic E-state index is 8.79. The Morgan fingerprint density at radius 2 is 2.43 bits per heavy atom. The van der Waals surface area contributed by atoms with Crippen LogP contribution in [0.1, 0.15) is 18.3 Å². The van der Waals surface area contributed by atoms with E-state index < -0.39 is 0 Å². The van der Waals surface area contributed by atoms with Gasteiger partial charge >= 0.3 is 0 Å². The van der Waals surface area contributed by atoms with Gasteiger partial charge in [-0.3, -0.25) is 4.68 Å². The average Bonchev–Trinajstić information content (AvgIpc) is 2.55. The quantitative estimate of drug-likeness (QED) is 0.716. The summed E-state index contributed by atoms with van der Waals surface area (Å²) in [6, 6.07) is 4.20. The Morgan fingerprint density at radius 3 is 2.93 bits per heavy atom. The summed E-state index contributed by atoms with van der Waals surface area (Å²) in [5.41, 5.74) is 2.09. The first-order valence-electron chi connectivity index (χ1n) is 4.70. The second-order valence-electron chi connectivity index (χ2n) is 3.28. The minimum absolute atomic E-state index is 0.113. The van der Waals surface area contributed by atoms with Crippen LogP contribution in [0.2, 0.25) is 0 Å². The molecule has 0 spiro atoms. The normalized spacial score (nSPS) is 12.4. The molecule has 1 unspecified atom stereocenters. The fourth-order valence-corrected chi connectivity index (χ4v) is 1.60. The summed E-state index contributed by atoms with van der Waals surface area (Å²) in [4.78, 5) is 0. The lowest BCUT2D eigenvalue weighted by atomic mass is 10.1. The molecule has 0 bridgehead atoms. The van der Waals surface area contributed by atoms with Crippen LogP contribution in [0, 0.1) is 24.2 Å². The van der Waals surface area contributed by atoms with Crippen LogP contribution in [0.25, 0.3) is 0 Å². The van der Waals surface area contributed by atoms with Gasteiger partial charge in [-0.25, -0.2) is 0 Å². The van der Waals surface area contributed by atoms with Gasteiger partial charge in [-0.05, 0) is 19.9 Å². The lowest BCUT2D eigenvalue weighted by Crippen LogP contribution is -2.09. The van der Waals surface area contributed by atoms with E-state index in [0.29, 0.717) is 12.3 Å². The standard InChI is InChI=1S/C10H14ClN3/c1-3-14-10(4-8(2)13-14)5-9(6-11)7-12/h4,9H,3,5-6H2,1-2H3. The van der Waals surface area contributed by atoms with Crippen LogP contribution in [0.5, 0.6) is 0 Å². The first-order chi connectivity index (χ1) is 6.71. The van der Waals surface area contributed by atoms with Crippen LogP contribution in [0.4, 0.5) is 0 Å². The topological polar surface area (TPSA) is 41.6 Å². The molecule has 0 amide bonds. The van der Waals surface area contributed by atoms with Gasteiger partial charge in [-0.1, -0.05) is 0 Å². The number of hydrogen-bond acceptors (Lipinski definition) is 2. The molecule has 1 heterocycles. The smallest absolute Gasteiger partial charge is 0.0672 e. The van der Waals surface area contributed by atoms with E-state index in [1.807, 2.05) is 24.6 Å². The summed E-state index contributed by atoms with van der Waals surface area (Å²) in [6.07, 6.45) is 0.689. The Labute approximate surface area is 89.3 Å². The van der Waals surface area contributed by atoms with E-state index in [-0.39, 0.29) is 5.92 Å². The van der Waals surface area contributed by atoms with Gasteiger partial charge in [0.1, 0.15) is 0 Å². The third-order valence-corrected chi connectivity index (χ3v) is 2.48.